The molecule has 6 heteroatoms. The molecular formula is C21H28ClN3O2. The highest BCUT2D eigenvalue weighted by molar-refractivity contribution is 6.04. The van der Waals surface area contributed by atoms with E-state index in [2.05, 4.69) is 10.6 Å². The summed E-state index contributed by atoms with van der Waals surface area (Å²) in [6.07, 6.45) is 0.645. The van der Waals surface area contributed by atoms with Crippen LogP contribution in [0.5, 0.6) is 0 Å². The maximum Gasteiger partial charge on any atom is 0.255 e. The molecule has 0 bridgehead atoms. The molecule has 0 radical (unpaired) electrons. The highest BCUT2D eigenvalue weighted by Crippen LogP contribution is 2.18. The van der Waals surface area contributed by atoms with Gasteiger partial charge in [0, 0.05) is 11.3 Å². The quantitative estimate of drug-likeness (QED) is 0.671. The highest BCUT2D eigenvalue weighted by Gasteiger charge is 2.18. The van der Waals surface area contributed by atoms with E-state index in [9.17, 15) is 9.59 Å². The lowest BCUT2D eigenvalue weighted by molar-refractivity contribution is -0.123. The van der Waals surface area contributed by atoms with Gasteiger partial charge in [0.15, 0.2) is 0 Å². The van der Waals surface area contributed by atoms with E-state index < -0.39 is 6.04 Å². The summed E-state index contributed by atoms with van der Waals surface area (Å²) < 4.78 is 0. The molecular weight excluding hydrogens is 362 g/mol. The molecule has 0 spiro atoms. The highest BCUT2D eigenvalue weighted by atomic mass is 35.5. The van der Waals surface area contributed by atoms with Crippen LogP contribution in [0.2, 0.25) is 0 Å². The third-order valence-corrected chi connectivity index (χ3v) is 4.10. The minimum absolute atomic E-state index is 0. The largest absolute Gasteiger partial charge is 0.348 e. The fraction of sp³-hybridized carbons (Fsp3) is 0.333. The first-order valence-electron chi connectivity index (χ1n) is 8.89. The molecule has 146 valence electrons. The maximum atomic E-state index is 12.3. The predicted molar refractivity (Wildman–Crippen MR) is 112 cm³/mol. The molecule has 0 aliphatic carbocycles. The third kappa shape index (κ3) is 7.04. The second kappa shape index (κ2) is 10.7. The van der Waals surface area contributed by atoms with Crippen molar-refractivity contribution in [1.29, 1.82) is 0 Å². The Balaban J connectivity index is 0.00000364. The standard InChI is InChI=1S/C21H27N3O2.ClH/c1-14(2)12-19(22)21(26)23-15(3)17-10-7-11-18(13-17)24-20(25)16-8-5-4-6-9-16;/h4-11,13-15,19H,12,22H2,1-3H3,(H,23,26)(H,24,25);1H/t15?,19-;/m0./s1. The van der Waals surface area contributed by atoms with Crippen molar-refractivity contribution in [2.45, 2.75) is 39.3 Å². The molecule has 4 N–H and O–H groups in total. The monoisotopic (exact) mass is 389 g/mol. The lowest BCUT2D eigenvalue weighted by Crippen LogP contribution is -2.42. The van der Waals surface area contributed by atoms with Crippen LogP contribution in [0.25, 0.3) is 0 Å². The van der Waals surface area contributed by atoms with Crippen molar-refractivity contribution < 1.29 is 9.59 Å². The molecule has 0 saturated carbocycles. The molecule has 27 heavy (non-hydrogen) atoms. The Morgan fingerprint density at radius 3 is 2.30 bits per heavy atom. The Labute approximate surface area is 167 Å². The Morgan fingerprint density at radius 1 is 1.00 bits per heavy atom. The third-order valence-electron chi connectivity index (χ3n) is 4.10. The van der Waals surface area contributed by atoms with Crippen LogP contribution in [-0.4, -0.2) is 17.9 Å². The van der Waals surface area contributed by atoms with Gasteiger partial charge in [-0.25, -0.2) is 0 Å². The van der Waals surface area contributed by atoms with E-state index in [0.717, 1.165) is 5.56 Å². The summed E-state index contributed by atoms with van der Waals surface area (Å²) in [6, 6.07) is 15.8. The van der Waals surface area contributed by atoms with Gasteiger partial charge in [0.05, 0.1) is 12.1 Å². The van der Waals surface area contributed by atoms with E-state index in [1.807, 2.05) is 63.2 Å². The van der Waals surface area contributed by atoms with Crippen LogP contribution >= 0.6 is 12.4 Å². The average molecular weight is 390 g/mol. The van der Waals surface area contributed by atoms with Gasteiger partial charge in [-0.2, -0.15) is 0 Å². The Morgan fingerprint density at radius 2 is 1.67 bits per heavy atom. The van der Waals surface area contributed by atoms with Crippen molar-refractivity contribution in [2.24, 2.45) is 11.7 Å². The molecule has 0 saturated heterocycles. The van der Waals surface area contributed by atoms with E-state index in [1.54, 1.807) is 12.1 Å². The minimum Gasteiger partial charge on any atom is -0.348 e. The number of anilines is 1. The number of nitrogens with two attached hydrogens (primary N) is 1. The smallest absolute Gasteiger partial charge is 0.255 e. The molecule has 0 aromatic heterocycles. The van der Waals surface area contributed by atoms with Gasteiger partial charge in [0.2, 0.25) is 5.91 Å². The number of amides is 2. The molecule has 0 aliphatic heterocycles. The minimum atomic E-state index is -0.515. The van der Waals surface area contributed by atoms with Crippen LogP contribution in [-0.2, 0) is 4.79 Å². The van der Waals surface area contributed by atoms with E-state index in [0.29, 0.717) is 23.6 Å². The van der Waals surface area contributed by atoms with Crippen LogP contribution in [0.15, 0.2) is 54.6 Å². The van der Waals surface area contributed by atoms with Gasteiger partial charge in [-0.1, -0.05) is 44.2 Å². The second-order valence-electron chi connectivity index (χ2n) is 6.91. The van der Waals surface area contributed by atoms with E-state index in [4.69, 9.17) is 5.73 Å². The maximum absolute atomic E-state index is 12.3. The summed E-state index contributed by atoms with van der Waals surface area (Å²) in [5.74, 6) is 0.0332. The topological polar surface area (TPSA) is 84.2 Å². The number of hydrogen-bond donors (Lipinski definition) is 3. The molecule has 1 unspecified atom stereocenters. The summed E-state index contributed by atoms with van der Waals surface area (Å²) in [6.45, 7) is 5.98. The zero-order chi connectivity index (χ0) is 19.1. The number of rotatable bonds is 7. The van der Waals surface area contributed by atoms with Crippen LogP contribution < -0.4 is 16.4 Å². The molecule has 0 heterocycles. The van der Waals surface area contributed by atoms with Crippen molar-refractivity contribution in [3.63, 3.8) is 0 Å². The van der Waals surface area contributed by atoms with Crippen molar-refractivity contribution in [3.05, 3.63) is 65.7 Å². The van der Waals surface area contributed by atoms with Gasteiger partial charge in [-0.15, -0.1) is 12.4 Å². The van der Waals surface area contributed by atoms with Gasteiger partial charge in [-0.3, -0.25) is 9.59 Å². The number of hydrogen-bond acceptors (Lipinski definition) is 3. The predicted octanol–water partition coefficient (Wildman–Crippen LogP) is 3.91. The molecule has 0 fully saturated rings. The first kappa shape index (κ1) is 22.7. The van der Waals surface area contributed by atoms with E-state index in [-0.39, 0.29) is 30.3 Å². The van der Waals surface area contributed by atoms with Crippen molar-refractivity contribution >= 4 is 29.9 Å². The van der Waals surface area contributed by atoms with Gasteiger partial charge >= 0.3 is 0 Å². The lowest BCUT2D eigenvalue weighted by atomic mass is 10.0. The number of carbonyl (C=O) groups excluding carboxylic acids is 2. The average Bonchev–Trinajstić information content (AvgIpc) is 2.62. The summed E-state index contributed by atoms with van der Waals surface area (Å²) in [4.78, 5) is 24.5. The SMILES string of the molecule is CC(C)C[C@H](N)C(=O)NC(C)c1cccc(NC(=O)c2ccccc2)c1.Cl. The summed E-state index contributed by atoms with van der Waals surface area (Å²) >= 11 is 0. The Kier molecular flexibility index (Phi) is 8.98. The molecule has 2 aromatic carbocycles. The van der Waals surface area contributed by atoms with E-state index in [1.165, 1.54) is 0 Å². The molecule has 2 aromatic rings. The normalized spacial score (nSPS) is 12.6. The zero-order valence-electron chi connectivity index (χ0n) is 15.9. The first-order chi connectivity index (χ1) is 12.4. The van der Waals surface area contributed by atoms with Crippen molar-refractivity contribution in [1.82, 2.24) is 5.32 Å². The van der Waals surface area contributed by atoms with Gasteiger partial charge < -0.3 is 16.4 Å². The first-order valence-corrected chi connectivity index (χ1v) is 8.89. The fourth-order valence-corrected chi connectivity index (χ4v) is 2.70. The van der Waals surface area contributed by atoms with Gasteiger partial charge in [0.1, 0.15) is 0 Å². The summed E-state index contributed by atoms with van der Waals surface area (Å²) in [5, 5.41) is 5.82. The van der Waals surface area contributed by atoms with Crippen LogP contribution in [0, 0.1) is 5.92 Å². The number of carbonyl (C=O) groups is 2. The van der Waals surface area contributed by atoms with Crippen molar-refractivity contribution in [2.75, 3.05) is 5.32 Å². The zero-order valence-corrected chi connectivity index (χ0v) is 16.8. The van der Waals surface area contributed by atoms with Gasteiger partial charge in [-0.05, 0) is 49.1 Å². The number of halogens is 1. The summed E-state index contributed by atoms with van der Waals surface area (Å²) in [5.41, 5.74) is 8.12. The van der Waals surface area contributed by atoms with E-state index >= 15 is 0 Å². The Bertz CT molecular complexity index is 750. The van der Waals surface area contributed by atoms with Crippen molar-refractivity contribution in [3.8, 4) is 0 Å². The molecule has 2 atom stereocenters. The molecule has 0 aliphatic rings. The van der Waals surface area contributed by atoms with Crippen LogP contribution in [0.3, 0.4) is 0 Å². The second-order valence-corrected chi connectivity index (χ2v) is 6.91. The number of nitrogens with one attached hydrogen (secondary N) is 2. The fourth-order valence-electron chi connectivity index (χ4n) is 2.70. The molecule has 2 rings (SSSR count). The van der Waals surface area contributed by atoms with Crippen LogP contribution in [0.1, 0.15) is 49.2 Å². The Hall–Kier alpha value is -2.37. The van der Waals surface area contributed by atoms with Crippen LogP contribution in [0.4, 0.5) is 5.69 Å². The lowest BCUT2D eigenvalue weighted by Gasteiger charge is -2.19. The molecule has 2 amide bonds. The number of benzene rings is 2. The summed E-state index contributed by atoms with van der Waals surface area (Å²) in [7, 11) is 0. The molecule has 5 nitrogen and oxygen atoms in total. The van der Waals surface area contributed by atoms with Gasteiger partial charge in [0.25, 0.3) is 5.91 Å².